The van der Waals surface area contributed by atoms with Crippen molar-refractivity contribution >= 4 is 117 Å². The minimum Gasteiger partial charge on any atom is -0.481 e. The summed E-state index contributed by atoms with van der Waals surface area (Å²) in [6.07, 6.45) is -6.62. The van der Waals surface area contributed by atoms with Crippen molar-refractivity contribution in [3.63, 3.8) is 0 Å². The Balaban J connectivity index is 0.000000386. The second kappa shape index (κ2) is 37.8. The van der Waals surface area contributed by atoms with Crippen molar-refractivity contribution in [2.75, 3.05) is 75.1 Å². The number of carboxylic acid groups (broad SMARTS) is 1. The maximum Gasteiger partial charge on any atom is 0.567 e. The van der Waals surface area contributed by atoms with Gasteiger partial charge in [-0.3, -0.25) is 24.4 Å². The lowest BCUT2D eigenvalue weighted by Gasteiger charge is -2.42. The van der Waals surface area contributed by atoms with Crippen LogP contribution in [0.4, 0.5) is 66.2 Å². The van der Waals surface area contributed by atoms with Crippen molar-refractivity contribution in [1.29, 1.82) is 0 Å². The number of anilines is 3. The van der Waals surface area contributed by atoms with Crippen molar-refractivity contribution in [2.45, 2.75) is 207 Å². The third kappa shape index (κ3) is 27.7. The molecule has 0 unspecified atom stereocenters. The Bertz CT molecular complexity index is 4010. The number of alkyl halides is 9. The van der Waals surface area contributed by atoms with Crippen LogP contribution in [-0.2, 0) is 42.5 Å². The zero-order valence-corrected chi connectivity index (χ0v) is 67.1. The fourth-order valence-corrected chi connectivity index (χ4v) is 13.3. The SMILES string of the molecule is CC(C)(CC(=O)O)NC(=O)OC(C)(C)C.CN[C@@H]1C[C@H](C)CN(c2cc[n+](C(F)(F)F)c3ncccc23)C1.C[C@H]1C[C@@H](N(C)C(=O)CC(C)(C)N)CN(c2ccc(C(F)(F)F)c3ncccc23)C1.C[C@H]1C[C@@H](N(C)C(=O)CC(C)(C)NC(=O)OC(C)(C)C)CN(c2ccc(C(F)(F)F)c3ncccc23)C1.Cl.Cl.Cl. The number of nitrogens with one attached hydrogen (secondary N) is 3. The Morgan fingerprint density at radius 2 is 0.898 bits per heavy atom. The number of amides is 4. The molecule has 3 fully saturated rings. The first kappa shape index (κ1) is 94.5. The molecule has 604 valence electrons. The van der Waals surface area contributed by atoms with Gasteiger partial charge in [0.2, 0.25) is 11.8 Å². The summed E-state index contributed by atoms with van der Waals surface area (Å²) >= 11 is 0. The first-order chi connectivity index (χ1) is 48.2. The lowest BCUT2D eigenvalue weighted by Crippen LogP contribution is -2.54. The molecule has 0 spiro atoms. The molecule has 4 aromatic heterocycles. The number of alkyl carbamates (subject to hydrolysis) is 2. The molecule has 0 saturated carbocycles. The molecule has 2 aromatic carbocycles. The van der Waals surface area contributed by atoms with Gasteiger partial charge < -0.3 is 60.8 Å². The first-order valence-corrected chi connectivity index (χ1v) is 35.0. The van der Waals surface area contributed by atoms with Crippen LogP contribution in [-0.4, -0.2) is 166 Å². The molecule has 6 aromatic rings. The highest BCUT2D eigenvalue weighted by Gasteiger charge is 2.42. The van der Waals surface area contributed by atoms with Crippen LogP contribution in [0.15, 0.2) is 91.5 Å². The van der Waals surface area contributed by atoms with Crippen LogP contribution in [0.5, 0.6) is 0 Å². The summed E-state index contributed by atoms with van der Waals surface area (Å²) in [7, 11) is 5.43. The molecule has 6 atom stereocenters. The number of carboxylic acids is 1. The number of benzene rings is 2. The third-order valence-corrected chi connectivity index (χ3v) is 17.8. The van der Waals surface area contributed by atoms with Crippen molar-refractivity contribution in [1.82, 2.24) is 40.7 Å². The van der Waals surface area contributed by atoms with E-state index in [4.69, 9.17) is 20.3 Å². The van der Waals surface area contributed by atoms with Crippen molar-refractivity contribution in [2.24, 2.45) is 23.5 Å². The average Bonchev–Trinajstić information content (AvgIpc) is 0.775. The maximum absolute atomic E-state index is 13.6. The summed E-state index contributed by atoms with van der Waals surface area (Å²) in [6, 6.07) is 16.9. The molecule has 7 heterocycles. The Kier molecular flexibility index (Phi) is 33.1. The Morgan fingerprint density at radius 1 is 0.528 bits per heavy atom. The Hall–Kier alpha value is -7.67. The van der Waals surface area contributed by atoms with E-state index in [1.165, 1.54) is 30.7 Å². The topological polar surface area (TPSA) is 245 Å². The zero-order chi connectivity index (χ0) is 78.9. The molecule has 33 heteroatoms. The molecule has 3 saturated heterocycles. The second-order valence-corrected chi connectivity index (χ2v) is 31.9. The van der Waals surface area contributed by atoms with Crippen LogP contribution < -0.4 is 41.0 Å². The minimum atomic E-state index is -4.50. The molecule has 0 radical (unpaired) electrons. The van der Waals surface area contributed by atoms with Gasteiger partial charge in [0.25, 0.3) is 0 Å². The normalized spacial score (nSPS) is 18.7. The van der Waals surface area contributed by atoms with Crippen LogP contribution >= 0.6 is 37.2 Å². The predicted molar refractivity (Wildman–Crippen MR) is 409 cm³/mol. The maximum atomic E-state index is 13.6. The lowest BCUT2D eigenvalue weighted by molar-refractivity contribution is -0.837. The largest absolute Gasteiger partial charge is 0.567 e. The number of pyridine rings is 4. The number of halogens is 12. The summed E-state index contributed by atoms with van der Waals surface area (Å²) < 4.78 is 131. The van der Waals surface area contributed by atoms with Crippen LogP contribution in [0.2, 0.25) is 0 Å². The number of nitrogens with zero attached hydrogens (tertiary/aromatic N) is 9. The number of nitrogens with two attached hydrogens (primary N) is 1. The average molecular weight is 1600 g/mol. The van der Waals surface area contributed by atoms with E-state index < -0.39 is 75.8 Å². The molecule has 108 heavy (non-hydrogen) atoms. The van der Waals surface area contributed by atoms with Crippen LogP contribution in [0.1, 0.15) is 154 Å². The van der Waals surface area contributed by atoms with Crippen LogP contribution in [0.25, 0.3) is 32.8 Å². The minimum absolute atomic E-state index is 0. The van der Waals surface area contributed by atoms with Gasteiger partial charge in [-0.15, -0.1) is 55.0 Å². The zero-order valence-electron chi connectivity index (χ0n) is 64.6. The van der Waals surface area contributed by atoms with Crippen molar-refractivity contribution in [3.05, 3.63) is 103 Å². The number of aromatic nitrogens is 4. The smallest absolute Gasteiger partial charge is 0.481 e. The van der Waals surface area contributed by atoms with E-state index >= 15 is 0 Å². The van der Waals surface area contributed by atoms with Gasteiger partial charge in [0.15, 0.2) is 0 Å². The highest BCUT2D eigenvalue weighted by molar-refractivity contribution is 5.96. The van der Waals surface area contributed by atoms with Crippen molar-refractivity contribution in [3.8, 4) is 0 Å². The van der Waals surface area contributed by atoms with E-state index in [2.05, 4.69) is 61.5 Å². The molecule has 21 nitrogen and oxygen atoms in total. The number of rotatable bonds is 14. The van der Waals surface area contributed by atoms with Gasteiger partial charge in [0.1, 0.15) is 23.6 Å². The summed E-state index contributed by atoms with van der Waals surface area (Å²) in [5.41, 5.74) is 3.03. The number of fused-ring (bicyclic) bond motifs is 3. The van der Waals surface area contributed by atoms with Gasteiger partial charge in [-0.2, -0.15) is 26.3 Å². The third-order valence-electron chi connectivity index (χ3n) is 17.8. The lowest BCUT2D eigenvalue weighted by atomic mass is 9.92. The van der Waals surface area contributed by atoms with Gasteiger partial charge in [-0.25, -0.2) is 9.59 Å². The quantitative estimate of drug-likeness (QED) is 0.0503. The van der Waals surface area contributed by atoms with E-state index in [1.807, 2.05) is 25.8 Å². The number of hydrogen-bond donors (Lipinski definition) is 5. The van der Waals surface area contributed by atoms with E-state index in [0.29, 0.717) is 65.7 Å². The number of aliphatic carboxylic acids is 1. The molecule has 3 aliphatic rings. The highest BCUT2D eigenvalue weighted by atomic mass is 35.5. The fourth-order valence-electron chi connectivity index (χ4n) is 13.3. The molecular formula is C75H108Cl3F9N13O8+. The van der Waals surface area contributed by atoms with Crippen molar-refractivity contribution < 1.29 is 82.6 Å². The summed E-state index contributed by atoms with van der Waals surface area (Å²) in [6.45, 7) is 31.3. The Morgan fingerprint density at radius 3 is 1.28 bits per heavy atom. The number of ether oxygens (including phenoxy) is 2. The van der Waals surface area contributed by atoms with Gasteiger partial charge in [-0.05, 0) is 193 Å². The molecule has 6 N–H and O–H groups in total. The molecular weight excluding hydrogens is 1490 g/mol. The standard InChI is InChI=1S/C27H37F3N4O3.C22H29F3N4O.C16H20F3N4.C10H19NO4.3ClH/c1-17-13-18(33(7)22(35)14-26(5,6)32-24(36)37-25(2,3)4)16-34(15-17)21-11-10-20(27(28,29)30)23-19(21)9-8-12-31-23;1-14-10-15(28(4)19(30)11-21(2,3)26)13-29(12-14)18-8-7-17(22(23,24)25)20-16(18)6-5-9-27-20;1-11-8-12(20-2)10-22(9-11)14-5-7-23(16(17,18)19)15-13(14)4-3-6-21-15;1-9(2,3)15-8(14)11-10(4,5)6-7(12)13;;;/h8-12,17-18H,13-16H2,1-7H3,(H,32,36);5-9,14-15H,10-13,26H2,1-4H3;3-7,11-12,20H,8-10H2,1-2H3;6H2,1-5H3,(H,11,14)(H,12,13);3*1H/q;;+1;;;;/t17-,18+;14-,15+;11-,12+;;;;/m000..../s1. The second-order valence-electron chi connectivity index (χ2n) is 31.9. The predicted octanol–water partition coefficient (Wildman–Crippen LogP) is 15.1. The molecule has 0 aliphatic carbocycles. The number of carbonyl (C=O) groups is 5. The number of carbonyl (C=O) groups excluding carboxylic acids is 4. The number of hydrogen-bond acceptors (Lipinski definition) is 15. The Labute approximate surface area is 645 Å². The molecule has 4 amide bonds. The molecule has 3 aliphatic heterocycles. The van der Waals surface area contributed by atoms with Gasteiger partial charge in [0.05, 0.1) is 39.7 Å². The van der Waals surface area contributed by atoms with E-state index in [9.17, 15) is 63.5 Å². The number of piperidine rings is 3. The fraction of sp³-hybridized carbons (Fsp3) is 0.587. The van der Waals surface area contributed by atoms with E-state index in [-0.39, 0.29) is 113 Å². The summed E-state index contributed by atoms with van der Waals surface area (Å²) in [4.78, 5) is 81.6. The molecule has 0 bridgehead atoms. The van der Waals surface area contributed by atoms with Gasteiger partial charge >= 0.3 is 42.5 Å². The monoisotopic (exact) mass is 1590 g/mol. The molecule has 9 rings (SSSR count). The van der Waals surface area contributed by atoms with Gasteiger partial charge in [0, 0.05) is 142 Å². The summed E-state index contributed by atoms with van der Waals surface area (Å²) in [5.74, 6) is -0.173. The van der Waals surface area contributed by atoms with Crippen LogP contribution in [0.3, 0.4) is 0 Å². The van der Waals surface area contributed by atoms with Gasteiger partial charge in [-0.1, -0.05) is 20.8 Å². The highest BCUT2D eigenvalue weighted by Crippen LogP contribution is 2.41. The first-order valence-electron chi connectivity index (χ1n) is 35.0. The number of likely N-dealkylation sites (N-methyl/N-ethyl adjacent to an activating group) is 3. The van der Waals surface area contributed by atoms with Crippen LogP contribution in [0, 0.1) is 17.8 Å². The van der Waals surface area contributed by atoms with E-state index in [1.54, 1.807) is 136 Å². The van der Waals surface area contributed by atoms with E-state index in [0.717, 1.165) is 56.4 Å². The summed E-state index contributed by atoms with van der Waals surface area (Å²) in [5, 5.41) is 18.6.